The van der Waals surface area contributed by atoms with Gasteiger partial charge >= 0.3 is 6.18 Å². The molecule has 1 unspecified atom stereocenters. The average molecular weight is 297 g/mol. The molecule has 1 aliphatic rings. The monoisotopic (exact) mass is 297 g/mol. The van der Waals surface area contributed by atoms with Gasteiger partial charge in [0, 0.05) is 38.3 Å². The van der Waals surface area contributed by atoms with E-state index in [4.69, 9.17) is 0 Å². The van der Waals surface area contributed by atoms with Crippen molar-refractivity contribution in [2.24, 2.45) is 0 Å². The molecular weight excluding hydrogens is 271 g/mol. The first kappa shape index (κ1) is 17.7. The van der Waals surface area contributed by atoms with E-state index in [-0.39, 0.29) is 12.1 Å². The lowest BCUT2D eigenvalue weighted by Gasteiger charge is -2.37. The van der Waals surface area contributed by atoms with Crippen LogP contribution in [0.5, 0.6) is 0 Å². The van der Waals surface area contributed by atoms with E-state index in [9.17, 15) is 18.3 Å². The van der Waals surface area contributed by atoms with Crippen molar-refractivity contribution in [2.75, 3.05) is 52.4 Å². The molecule has 1 rings (SSSR count). The van der Waals surface area contributed by atoms with Gasteiger partial charge in [0.15, 0.2) is 0 Å². The van der Waals surface area contributed by atoms with E-state index >= 15 is 0 Å². The van der Waals surface area contributed by atoms with Crippen molar-refractivity contribution in [3.05, 3.63) is 0 Å². The van der Waals surface area contributed by atoms with Crippen LogP contribution >= 0.6 is 0 Å². The smallest absolute Gasteiger partial charge is 0.394 e. The topological polar surface area (TPSA) is 38.7 Å². The fourth-order valence-electron chi connectivity index (χ4n) is 2.48. The minimum absolute atomic E-state index is 0.0644. The SMILES string of the molecule is CCNC(C)(CO)CCN1CCN(CC(F)(F)F)CC1. The standard InChI is InChI=1S/C13H26F3N3O/c1-3-17-12(2,11-20)4-5-18-6-8-19(9-7-18)10-13(14,15)16/h17,20H,3-11H2,1-2H3. The van der Waals surface area contributed by atoms with Crippen LogP contribution in [0.15, 0.2) is 0 Å². The van der Waals surface area contributed by atoms with E-state index in [0.717, 1.165) is 19.5 Å². The molecule has 2 N–H and O–H groups in total. The summed E-state index contributed by atoms with van der Waals surface area (Å²) < 4.78 is 36.8. The van der Waals surface area contributed by atoms with Crippen LogP contribution in [0, 0.1) is 0 Å². The molecule has 20 heavy (non-hydrogen) atoms. The normalized spacial score (nSPS) is 21.9. The average Bonchev–Trinajstić information content (AvgIpc) is 2.37. The highest BCUT2D eigenvalue weighted by Gasteiger charge is 2.32. The molecule has 0 amide bonds. The summed E-state index contributed by atoms with van der Waals surface area (Å²) in [5.74, 6) is 0. The second-order valence-corrected chi connectivity index (χ2v) is 5.73. The summed E-state index contributed by atoms with van der Waals surface area (Å²) >= 11 is 0. The number of alkyl halides is 3. The number of nitrogens with one attached hydrogen (secondary N) is 1. The van der Waals surface area contributed by atoms with E-state index in [2.05, 4.69) is 10.2 Å². The molecule has 0 aromatic heterocycles. The molecule has 1 heterocycles. The van der Waals surface area contributed by atoms with Crippen LogP contribution in [0.25, 0.3) is 0 Å². The predicted molar refractivity (Wildman–Crippen MR) is 72.7 cm³/mol. The zero-order valence-corrected chi connectivity index (χ0v) is 12.3. The Bertz CT molecular complexity index is 281. The van der Waals surface area contributed by atoms with Crippen molar-refractivity contribution in [3.63, 3.8) is 0 Å². The summed E-state index contributed by atoms with van der Waals surface area (Å²) in [5.41, 5.74) is -0.308. The number of aliphatic hydroxyl groups excluding tert-OH is 1. The quantitative estimate of drug-likeness (QED) is 0.733. The van der Waals surface area contributed by atoms with Crippen molar-refractivity contribution in [1.82, 2.24) is 15.1 Å². The van der Waals surface area contributed by atoms with E-state index in [1.54, 1.807) is 0 Å². The van der Waals surface area contributed by atoms with Crippen LogP contribution < -0.4 is 5.32 Å². The lowest BCUT2D eigenvalue weighted by Crippen LogP contribution is -2.52. The Labute approximate surface area is 118 Å². The molecule has 120 valence electrons. The van der Waals surface area contributed by atoms with Crippen LogP contribution in [-0.4, -0.2) is 79.0 Å². The van der Waals surface area contributed by atoms with Crippen molar-refractivity contribution >= 4 is 0 Å². The van der Waals surface area contributed by atoms with E-state index < -0.39 is 12.7 Å². The van der Waals surface area contributed by atoms with Gasteiger partial charge in [0.2, 0.25) is 0 Å². The second-order valence-electron chi connectivity index (χ2n) is 5.73. The highest BCUT2D eigenvalue weighted by atomic mass is 19.4. The maximum absolute atomic E-state index is 12.3. The summed E-state index contributed by atoms with van der Waals surface area (Å²) in [6.07, 6.45) is -3.32. The van der Waals surface area contributed by atoms with Gasteiger partial charge in [-0.15, -0.1) is 0 Å². The van der Waals surface area contributed by atoms with Gasteiger partial charge < -0.3 is 15.3 Å². The molecule has 0 spiro atoms. The fourth-order valence-corrected chi connectivity index (χ4v) is 2.48. The Morgan fingerprint density at radius 3 is 2.10 bits per heavy atom. The van der Waals surface area contributed by atoms with Gasteiger partial charge in [-0.05, 0) is 19.9 Å². The number of hydrogen-bond acceptors (Lipinski definition) is 4. The first-order valence-electron chi connectivity index (χ1n) is 7.15. The fraction of sp³-hybridized carbons (Fsp3) is 1.00. The highest BCUT2D eigenvalue weighted by Crippen LogP contribution is 2.18. The molecule has 1 saturated heterocycles. The Hall–Kier alpha value is -0.370. The van der Waals surface area contributed by atoms with Crippen molar-refractivity contribution < 1.29 is 18.3 Å². The van der Waals surface area contributed by atoms with Crippen LogP contribution in [0.1, 0.15) is 20.3 Å². The first-order chi connectivity index (χ1) is 9.28. The minimum Gasteiger partial charge on any atom is -0.394 e. The molecule has 1 aliphatic heterocycles. The Morgan fingerprint density at radius 2 is 1.65 bits per heavy atom. The van der Waals surface area contributed by atoms with Crippen LogP contribution in [-0.2, 0) is 0 Å². The highest BCUT2D eigenvalue weighted by molar-refractivity contribution is 4.84. The third kappa shape index (κ3) is 6.39. The van der Waals surface area contributed by atoms with Gasteiger partial charge in [-0.2, -0.15) is 13.2 Å². The molecule has 1 fully saturated rings. The van der Waals surface area contributed by atoms with Crippen molar-refractivity contribution in [3.8, 4) is 0 Å². The van der Waals surface area contributed by atoms with E-state index in [1.165, 1.54) is 4.90 Å². The minimum atomic E-state index is -4.11. The molecule has 7 heteroatoms. The lowest BCUT2D eigenvalue weighted by atomic mass is 9.98. The van der Waals surface area contributed by atoms with Crippen molar-refractivity contribution in [1.29, 1.82) is 0 Å². The molecule has 0 aromatic carbocycles. The third-order valence-corrected chi connectivity index (χ3v) is 3.80. The molecule has 0 saturated carbocycles. The van der Waals surface area contributed by atoms with Gasteiger partial charge in [-0.25, -0.2) is 0 Å². The number of hydrogen-bond donors (Lipinski definition) is 2. The largest absolute Gasteiger partial charge is 0.401 e. The molecule has 4 nitrogen and oxygen atoms in total. The number of aliphatic hydroxyl groups is 1. The number of halogens is 3. The predicted octanol–water partition coefficient (Wildman–Crippen LogP) is 0.917. The van der Waals surface area contributed by atoms with Crippen LogP contribution in [0.2, 0.25) is 0 Å². The Kier molecular flexibility index (Phi) is 6.71. The summed E-state index contributed by atoms with van der Waals surface area (Å²) in [4.78, 5) is 3.62. The number of likely N-dealkylation sites (N-methyl/N-ethyl adjacent to an activating group) is 1. The number of nitrogens with zero attached hydrogens (tertiary/aromatic N) is 2. The molecule has 0 bridgehead atoms. The van der Waals surface area contributed by atoms with Gasteiger partial charge in [-0.1, -0.05) is 6.92 Å². The van der Waals surface area contributed by atoms with Crippen LogP contribution in [0.4, 0.5) is 13.2 Å². The zero-order valence-electron chi connectivity index (χ0n) is 12.3. The van der Waals surface area contributed by atoms with Gasteiger partial charge in [0.1, 0.15) is 0 Å². The Balaban J connectivity index is 2.29. The molecule has 0 aromatic rings. The zero-order chi connectivity index (χ0) is 15.2. The molecule has 1 atom stereocenters. The Morgan fingerprint density at radius 1 is 1.10 bits per heavy atom. The van der Waals surface area contributed by atoms with E-state index in [0.29, 0.717) is 26.2 Å². The summed E-state index contributed by atoms with van der Waals surface area (Å²) in [5, 5.41) is 12.7. The number of rotatable bonds is 7. The maximum Gasteiger partial charge on any atom is 0.401 e. The van der Waals surface area contributed by atoms with Gasteiger partial charge in [0.05, 0.1) is 13.2 Å². The maximum atomic E-state index is 12.3. The third-order valence-electron chi connectivity index (χ3n) is 3.80. The van der Waals surface area contributed by atoms with Gasteiger partial charge in [-0.3, -0.25) is 4.90 Å². The summed E-state index contributed by atoms with van der Waals surface area (Å²) in [6.45, 7) is 7.02. The molecule has 0 radical (unpaired) electrons. The van der Waals surface area contributed by atoms with E-state index in [1.807, 2.05) is 13.8 Å². The first-order valence-corrected chi connectivity index (χ1v) is 7.15. The molecular formula is C13H26F3N3O. The summed E-state index contributed by atoms with van der Waals surface area (Å²) in [7, 11) is 0. The van der Waals surface area contributed by atoms with Crippen molar-refractivity contribution in [2.45, 2.75) is 32.0 Å². The van der Waals surface area contributed by atoms with Gasteiger partial charge in [0.25, 0.3) is 0 Å². The van der Waals surface area contributed by atoms with Crippen LogP contribution in [0.3, 0.4) is 0 Å². The number of piperazine rings is 1. The second kappa shape index (κ2) is 7.59. The molecule has 0 aliphatic carbocycles. The lowest BCUT2D eigenvalue weighted by molar-refractivity contribution is -0.149. The summed E-state index contributed by atoms with van der Waals surface area (Å²) in [6, 6.07) is 0.